The van der Waals surface area contributed by atoms with E-state index < -0.39 is 29.9 Å². The molecule has 1 N–H and O–H groups in total. The minimum Gasteiger partial charge on any atom is -0.489 e. The third kappa shape index (κ3) is 4.95. The van der Waals surface area contributed by atoms with Crippen LogP contribution in [0.25, 0.3) is 0 Å². The van der Waals surface area contributed by atoms with Gasteiger partial charge in [0.1, 0.15) is 34.1 Å². The van der Waals surface area contributed by atoms with Gasteiger partial charge in [-0.3, -0.25) is 19.7 Å². The molecule has 4 atom stereocenters. The van der Waals surface area contributed by atoms with Crippen LogP contribution >= 0.6 is 0 Å². The number of carbonyl (C=O) groups excluding carboxylic acids is 3. The van der Waals surface area contributed by atoms with Gasteiger partial charge in [-0.2, -0.15) is 0 Å². The van der Waals surface area contributed by atoms with Crippen LogP contribution in [0.1, 0.15) is 39.9 Å². The topological polar surface area (TPSA) is 88.2 Å². The molecule has 3 aliphatic heterocycles. The van der Waals surface area contributed by atoms with E-state index in [0.29, 0.717) is 37.4 Å². The molecule has 4 unspecified atom stereocenters. The molecule has 178 valence electrons. The number of imide groups is 1. The number of ether oxygens (including phenoxy) is 2. The van der Waals surface area contributed by atoms with E-state index >= 15 is 0 Å². The average Bonchev–Trinajstić information content (AvgIpc) is 3.18. The molecule has 2 aromatic carbocycles. The second kappa shape index (κ2) is 10.1. The molecule has 0 aromatic heterocycles. The standard InChI is InChI=1S/C25H24B3N3O5/c26-20-12-30(22(27)23(28)36-20)10-14-4-6-15(7-5-14)13-35-19-3-1-2-16-17(19)11-31(25(16)34)18-8-9-21(32)29-24(18)33/h1-7,18,20,22-23H,8-13H2,(H,29,32,33). The number of piperidine rings is 1. The van der Waals surface area contributed by atoms with Gasteiger partial charge >= 0.3 is 0 Å². The molecule has 2 aromatic rings. The second-order valence-electron chi connectivity index (χ2n) is 9.35. The lowest BCUT2D eigenvalue weighted by Crippen LogP contribution is -2.55. The van der Waals surface area contributed by atoms with Crippen molar-refractivity contribution in [2.45, 2.75) is 56.5 Å². The normalized spacial score (nSPS) is 26.6. The third-order valence-electron chi connectivity index (χ3n) is 6.85. The zero-order chi connectivity index (χ0) is 25.4. The SMILES string of the molecule is [B]C1CN(Cc2ccc(COc3cccc4c3CN(C3CCC(=O)NC3=O)C4=O)cc2)C([B])C([B])O1. The van der Waals surface area contributed by atoms with Crippen molar-refractivity contribution in [3.05, 3.63) is 64.7 Å². The molecule has 2 fully saturated rings. The predicted molar refractivity (Wildman–Crippen MR) is 133 cm³/mol. The lowest BCUT2D eigenvalue weighted by Gasteiger charge is -2.42. The quantitative estimate of drug-likeness (QED) is 0.476. The van der Waals surface area contributed by atoms with Crippen LogP contribution in [0.5, 0.6) is 5.75 Å². The second-order valence-corrected chi connectivity index (χ2v) is 9.35. The largest absolute Gasteiger partial charge is 0.489 e. The Morgan fingerprint density at radius 3 is 2.53 bits per heavy atom. The Morgan fingerprint density at radius 2 is 1.78 bits per heavy atom. The first-order valence-electron chi connectivity index (χ1n) is 11.9. The molecule has 8 nitrogen and oxygen atoms in total. The highest BCUT2D eigenvalue weighted by molar-refractivity contribution is 6.21. The maximum absolute atomic E-state index is 13.0. The van der Waals surface area contributed by atoms with Crippen molar-refractivity contribution in [2.24, 2.45) is 0 Å². The van der Waals surface area contributed by atoms with Crippen LogP contribution in [-0.4, -0.2) is 81.6 Å². The van der Waals surface area contributed by atoms with Crippen LogP contribution < -0.4 is 10.1 Å². The summed E-state index contributed by atoms with van der Waals surface area (Å²) in [6, 6.07) is 11.5. The van der Waals surface area contributed by atoms with Gasteiger partial charge in [0.15, 0.2) is 0 Å². The number of hydrogen-bond acceptors (Lipinski definition) is 6. The van der Waals surface area contributed by atoms with E-state index in [-0.39, 0.29) is 24.8 Å². The summed E-state index contributed by atoms with van der Waals surface area (Å²) in [6.07, 6.45) is 0.535. The highest BCUT2D eigenvalue weighted by atomic mass is 16.5. The number of fused-ring (bicyclic) bond motifs is 1. The Kier molecular flexibility index (Phi) is 6.95. The highest BCUT2D eigenvalue weighted by Gasteiger charge is 2.40. The van der Waals surface area contributed by atoms with E-state index in [4.69, 9.17) is 33.0 Å². The van der Waals surface area contributed by atoms with Crippen molar-refractivity contribution in [3.8, 4) is 5.75 Å². The molecule has 3 heterocycles. The van der Waals surface area contributed by atoms with Crippen LogP contribution in [-0.2, 0) is 34.0 Å². The first-order valence-corrected chi connectivity index (χ1v) is 11.9. The number of morpholine rings is 1. The summed E-state index contributed by atoms with van der Waals surface area (Å²) in [5.41, 5.74) is 3.28. The van der Waals surface area contributed by atoms with Gasteiger partial charge in [-0.05, 0) is 35.6 Å². The number of benzene rings is 2. The van der Waals surface area contributed by atoms with Crippen molar-refractivity contribution < 1.29 is 23.9 Å². The Bertz CT molecular complexity index is 1180. The summed E-state index contributed by atoms with van der Waals surface area (Å²) in [5.74, 6) is -0.806. The molecule has 0 aliphatic carbocycles. The molecule has 6 radical (unpaired) electrons. The molecule has 0 bridgehead atoms. The monoisotopic (exact) mass is 479 g/mol. The zero-order valence-corrected chi connectivity index (χ0v) is 19.8. The Morgan fingerprint density at radius 1 is 1.03 bits per heavy atom. The van der Waals surface area contributed by atoms with Crippen LogP contribution in [0, 0.1) is 0 Å². The van der Waals surface area contributed by atoms with Crippen molar-refractivity contribution in [1.82, 2.24) is 15.1 Å². The van der Waals surface area contributed by atoms with Crippen molar-refractivity contribution >= 4 is 41.3 Å². The molecule has 3 amide bonds. The zero-order valence-electron chi connectivity index (χ0n) is 19.8. The van der Waals surface area contributed by atoms with E-state index in [0.717, 1.165) is 16.7 Å². The van der Waals surface area contributed by atoms with E-state index in [1.165, 1.54) is 4.90 Å². The number of amides is 3. The van der Waals surface area contributed by atoms with Gasteiger partial charge in [0.05, 0.1) is 14.4 Å². The number of rotatable bonds is 6. The van der Waals surface area contributed by atoms with Gasteiger partial charge in [-0.25, -0.2) is 0 Å². The fourth-order valence-corrected chi connectivity index (χ4v) is 4.88. The minimum atomic E-state index is -0.660. The molecule has 3 aliphatic rings. The van der Waals surface area contributed by atoms with Crippen LogP contribution in [0.2, 0.25) is 0 Å². The summed E-state index contributed by atoms with van der Waals surface area (Å²) in [5, 5.41) is 2.32. The van der Waals surface area contributed by atoms with Crippen LogP contribution in [0.15, 0.2) is 42.5 Å². The molecular weight excluding hydrogens is 455 g/mol. The van der Waals surface area contributed by atoms with Gasteiger partial charge in [0.2, 0.25) is 11.8 Å². The fourth-order valence-electron chi connectivity index (χ4n) is 4.88. The molecule has 0 saturated carbocycles. The minimum absolute atomic E-state index is 0.215. The number of hydrogen-bond donors (Lipinski definition) is 1. The summed E-state index contributed by atoms with van der Waals surface area (Å²) >= 11 is 0. The van der Waals surface area contributed by atoms with Crippen molar-refractivity contribution in [1.29, 1.82) is 0 Å². The Labute approximate surface area is 213 Å². The smallest absolute Gasteiger partial charge is 0.255 e. The first-order chi connectivity index (χ1) is 17.3. The van der Waals surface area contributed by atoms with Crippen LogP contribution in [0.4, 0.5) is 0 Å². The summed E-state index contributed by atoms with van der Waals surface area (Å²) < 4.78 is 11.4. The average molecular weight is 479 g/mol. The maximum Gasteiger partial charge on any atom is 0.255 e. The summed E-state index contributed by atoms with van der Waals surface area (Å²) in [4.78, 5) is 40.3. The summed E-state index contributed by atoms with van der Waals surface area (Å²) in [7, 11) is 17.9. The number of nitrogens with zero attached hydrogens (tertiary/aromatic N) is 2. The Balaban J connectivity index is 1.22. The third-order valence-corrected chi connectivity index (χ3v) is 6.85. The van der Waals surface area contributed by atoms with Crippen molar-refractivity contribution in [3.63, 3.8) is 0 Å². The molecule has 36 heavy (non-hydrogen) atoms. The van der Waals surface area contributed by atoms with Gasteiger partial charge in [0.25, 0.3) is 5.91 Å². The van der Waals surface area contributed by atoms with E-state index in [1.807, 2.05) is 35.2 Å². The van der Waals surface area contributed by atoms with Gasteiger partial charge in [0, 0.05) is 42.6 Å². The molecule has 0 spiro atoms. The van der Waals surface area contributed by atoms with E-state index in [2.05, 4.69) is 5.32 Å². The maximum atomic E-state index is 13.0. The predicted octanol–water partition coefficient (Wildman–Crippen LogP) is 0.343. The van der Waals surface area contributed by atoms with Crippen LogP contribution in [0.3, 0.4) is 0 Å². The molecule has 5 rings (SSSR count). The number of carbonyl (C=O) groups is 3. The van der Waals surface area contributed by atoms with E-state index in [9.17, 15) is 14.4 Å². The van der Waals surface area contributed by atoms with Gasteiger partial charge in [-0.1, -0.05) is 30.3 Å². The van der Waals surface area contributed by atoms with Gasteiger partial charge in [-0.15, -0.1) is 0 Å². The Hall–Kier alpha value is -3.04. The van der Waals surface area contributed by atoms with Crippen molar-refractivity contribution in [2.75, 3.05) is 6.54 Å². The van der Waals surface area contributed by atoms with Gasteiger partial charge < -0.3 is 19.3 Å². The van der Waals surface area contributed by atoms with E-state index in [1.54, 1.807) is 12.1 Å². The molecule has 11 heteroatoms. The fraction of sp³-hybridized carbons (Fsp3) is 0.400. The lowest BCUT2D eigenvalue weighted by molar-refractivity contribution is -0.136. The molecular formula is C25H24B3N3O5. The highest BCUT2D eigenvalue weighted by Crippen LogP contribution is 2.34. The lowest BCUT2D eigenvalue weighted by atomic mass is 9.76. The first kappa shape index (κ1) is 24.7. The molecule has 2 saturated heterocycles. The summed E-state index contributed by atoms with van der Waals surface area (Å²) in [6.45, 7) is 1.67. The number of nitrogens with one attached hydrogen (secondary N) is 1.